The third kappa shape index (κ3) is 2.46. The lowest BCUT2D eigenvalue weighted by molar-refractivity contribution is -0.287. The molecule has 1 aliphatic rings. The predicted octanol–water partition coefficient (Wildman–Crippen LogP) is 1.21. The van der Waals surface area contributed by atoms with Gasteiger partial charge >= 0.3 is 12.1 Å². The first-order valence-corrected chi connectivity index (χ1v) is 5.13. The van der Waals surface area contributed by atoms with Gasteiger partial charge in [0.2, 0.25) is 0 Å². The maximum Gasteiger partial charge on any atom is 0.492 e. The molecule has 1 heterocycles. The van der Waals surface area contributed by atoms with E-state index >= 15 is 0 Å². The lowest BCUT2D eigenvalue weighted by Crippen LogP contribution is -2.60. The van der Waals surface area contributed by atoms with E-state index in [4.69, 9.17) is 0 Å². The van der Waals surface area contributed by atoms with Crippen molar-refractivity contribution in [2.75, 3.05) is 13.1 Å². The molecule has 0 amide bonds. The molecule has 2 rings (SSSR count). The SMILES string of the molecule is O=C(ON1CC(O)(c2ccccc2)C1)C(F)(F)F. The van der Waals surface area contributed by atoms with E-state index in [0.717, 1.165) is 5.06 Å². The van der Waals surface area contributed by atoms with Crippen molar-refractivity contribution in [3.05, 3.63) is 35.9 Å². The maximum atomic E-state index is 11.9. The van der Waals surface area contributed by atoms with Crippen molar-refractivity contribution in [1.82, 2.24) is 5.06 Å². The molecule has 0 spiro atoms. The highest BCUT2D eigenvalue weighted by Gasteiger charge is 2.49. The Bertz CT molecular complexity index is 441. The zero-order valence-electron chi connectivity index (χ0n) is 9.15. The average molecular weight is 261 g/mol. The van der Waals surface area contributed by atoms with Gasteiger partial charge in [-0.15, -0.1) is 5.06 Å². The summed E-state index contributed by atoms with van der Waals surface area (Å²) < 4.78 is 35.8. The first-order valence-electron chi connectivity index (χ1n) is 5.13. The number of aliphatic hydroxyl groups is 1. The Hall–Kier alpha value is -1.60. The van der Waals surface area contributed by atoms with Crippen molar-refractivity contribution < 1.29 is 27.9 Å². The number of rotatable bonds is 2. The molecule has 1 fully saturated rings. The van der Waals surface area contributed by atoms with E-state index in [2.05, 4.69) is 4.84 Å². The van der Waals surface area contributed by atoms with Crippen LogP contribution in [0, 0.1) is 0 Å². The molecule has 4 nitrogen and oxygen atoms in total. The van der Waals surface area contributed by atoms with Crippen molar-refractivity contribution in [3.8, 4) is 0 Å². The summed E-state index contributed by atoms with van der Waals surface area (Å²) in [6.07, 6.45) is -5.03. The largest absolute Gasteiger partial charge is 0.492 e. The first kappa shape index (κ1) is 12.8. The van der Waals surface area contributed by atoms with Gasteiger partial charge in [-0.1, -0.05) is 30.3 Å². The zero-order chi connectivity index (χ0) is 13.4. The summed E-state index contributed by atoms with van der Waals surface area (Å²) >= 11 is 0. The van der Waals surface area contributed by atoms with Gasteiger partial charge in [0.1, 0.15) is 5.60 Å². The van der Waals surface area contributed by atoms with Gasteiger partial charge in [0.05, 0.1) is 13.1 Å². The lowest BCUT2D eigenvalue weighted by atomic mass is 9.88. The van der Waals surface area contributed by atoms with Crippen LogP contribution in [0.4, 0.5) is 13.2 Å². The molecule has 98 valence electrons. The Labute approximate surface area is 101 Å². The van der Waals surface area contributed by atoms with Crippen molar-refractivity contribution in [3.63, 3.8) is 0 Å². The second kappa shape index (κ2) is 4.25. The minimum atomic E-state index is -5.03. The molecule has 0 radical (unpaired) electrons. The summed E-state index contributed by atoms with van der Waals surface area (Å²) in [5.74, 6) is -2.28. The van der Waals surface area contributed by atoms with Gasteiger partial charge in [0, 0.05) is 0 Å². The third-order valence-corrected chi connectivity index (χ3v) is 2.63. The molecule has 7 heteroatoms. The molecule has 1 aliphatic heterocycles. The molecule has 0 atom stereocenters. The Morgan fingerprint density at radius 1 is 1.28 bits per heavy atom. The van der Waals surface area contributed by atoms with Crippen LogP contribution in [-0.2, 0) is 15.2 Å². The first-order chi connectivity index (χ1) is 8.31. The zero-order valence-corrected chi connectivity index (χ0v) is 9.15. The summed E-state index contributed by atoms with van der Waals surface area (Å²) in [5.41, 5.74) is -0.697. The maximum absolute atomic E-state index is 11.9. The molecule has 1 aromatic carbocycles. The molecule has 0 aliphatic carbocycles. The average Bonchev–Trinajstić information content (AvgIpc) is 2.26. The lowest BCUT2D eigenvalue weighted by Gasteiger charge is -2.44. The highest BCUT2D eigenvalue weighted by molar-refractivity contribution is 5.75. The van der Waals surface area contributed by atoms with Gasteiger partial charge < -0.3 is 9.94 Å². The van der Waals surface area contributed by atoms with Gasteiger partial charge in [-0.25, -0.2) is 4.79 Å². The number of carbonyl (C=O) groups is 1. The summed E-state index contributed by atoms with van der Waals surface area (Å²) in [6.45, 7) is -0.363. The number of hydrogen-bond donors (Lipinski definition) is 1. The monoisotopic (exact) mass is 261 g/mol. The quantitative estimate of drug-likeness (QED) is 0.869. The highest BCUT2D eigenvalue weighted by atomic mass is 19.4. The molecule has 0 aromatic heterocycles. The number of hydrogen-bond acceptors (Lipinski definition) is 4. The smallest absolute Gasteiger partial charge is 0.382 e. The van der Waals surface area contributed by atoms with Crippen LogP contribution in [0.5, 0.6) is 0 Å². The number of nitrogens with zero attached hydrogens (tertiary/aromatic N) is 1. The van der Waals surface area contributed by atoms with Crippen LogP contribution in [0.15, 0.2) is 30.3 Å². The Morgan fingerprint density at radius 2 is 1.83 bits per heavy atom. The molecule has 18 heavy (non-hydrogen) atoms. The van der Waals surface area contributed by atoms with Crippen LogP contribution in [0.1, 0.15) is 5.56 Å². The fourth-order valence-electron chi connectivity index (χ4n) is 1.70. The standard InChI is InChI=1S/C11H10F3NO3/c12-11(13,14)9(16)18-15-6-10(17,7-15)8-4-2-1-3-5-8/h1-5,17H,6-7H2. The van der Waals surface area contributed by atoms with E-state index in [9.17, 15) is 23.1 Å². The predicted molar refractivity (Wildman–Crippen MR) is 54.1 cm³/mol. The molecule has 1 aromatic rings. The van der Waals surface area contributed by atoms with Crippen LogP contribution in [0.3, 0.4) is 0 Å². The van der Waals surface area contributed by atoms with Crippen LogP contribution in [0.2, 0.25) is 0 Å². The summed E-state index contributed by atoms with van der Waals surface area (Å²) in [7, 11) is 0. The van der Waals surface area contributed by atoms with Gasteiger partial charge in [-0.05, 0) is 5.56 Å². The molecule has 0 saturated carbocycles. The van der Waals surface area contributed by atoms with Crippen LogP contribution >= 0.6 is 0 Å². The van der Waals surface area contributed by atoms with Crippen molar-refractivity contribution in [2.45, 2.75) is 11.8 Å². The Morgan fingerprint density at radius 3 is 2.33 bits per heavy atom. The molecule has 1 N–H and O–H groups in total. The van der Waals surface area contributed by atoms with Crippen LogP contribution in [-0.4, -0.2) is 35.4 Å². The van der Waals surface area contributed by atoms with E-state index in [1.165, 1.54) is 0 Å². The third-order valence-electron chi connectivity index (χ3n) is 2.63. The fourth-order valence-corrected chi connectivity index (χ4v) is 1.70. The topological polar surface area (TPSA) is 49.8 Å². The minimum Gasteiger partial charge on any atom is -0.382 e. The number of halogens is 3. The molecule has 1 saturated heterocycles. The van der Waals surface area contributed by atoms with Crippen LogP contribution in [0.25, 0.3) is 0 Å². The fraction of sp³-hybridized carbons (Fsp3) is 0.364. The molecular formula is C11H10F3NO3. The van der Waals surface area contributed by atoms with Gasteiger partial charge in [-0.3, -0.25) is 0 Å². The van der Waals surface area contributed by atoms with E-state index < -0.39 is 17.7 Å². The number of β-amino-alcohol motifs (C(OH)–C–C–N with tert-alkyl or cyclic N) is 1. The second-order valence-corrected chi connectivity index (χ2v) is 4.07. The number of alkyl halides is 3. The number of benzene rings is 1. The van der Waals surface area contributed by atoms with Gasteiger partial charge in [0.25, 0.3) is 0 Å². The van der Waals surface area contributed by atoms with Crippen molar-refractivity contribution >= 4 is 5.97 Å². The summed E-state index contributed by atoms with van der Waals surface area (Å²) in [5, 5.41) is 10.8. The number of carbonyl (C=O) groups excluding carboxylic acids is 1. The van der Waals surface area contributed by atoms with Gasteiger partial charge in [0.15, 0.2) is 0 Å². The van der Waals surface area contributed by atoms with E-state index in [-0.39, 0.29) is 13.1 Å². The van der Waals surface area contributed by atoms with Crippen LogP contribution < -0.4 is 0 Å². The number of hydroxylamine groups is 2. The van der Waals surface area contributed by atoms with E-state index in [1.807, 2.05) is 0 Å². The highest BCUT2D eigenvalue weighted by Crippen LogP contribution is 2.32. The van der Waals surface area contributed by atoms with Crippen molar-refractivity contribution in [1.29, 1.82) is 0 Å². The van der Waals surface area contributed by atoms with Crippen molar-refractivity contribution in [2.24, 2.45) is 0 Å². The summed E-state index contributed by atoms with van der Waals surface area (Å²) in [6, 6.07) is 8.48. The van der Waals surface area contributed by atoms with E-state index in [0.29, 0.717) is 5.56 Å². The van der Waals surface area contributed by atoms with E-state index in [1.54, 1.807) is 30.3 Å². The normalized spacial score (nSPS) is 19.1. The molecule has 0 bridgehead atoms. The summed E-state index contributed by atoms with van der Waals surface area (Å²) in [4.78, 5) is 14.6. The molecular weight excluding hydrogens is 251 g/mol. The second-order valence-electron chi connectivity index (χ2n) is 4.07. The Kier molecular flexibility index (Phi) is 3.04. The minimum absolute atomic E-state index is 0.182. The van der Waals surface area contributed by atoms with Gasteiger partial charge in [-0.2, -0.15) is 13.2 Å². The molecule has 0 unspecified atom stereocenters. The Balaban J connectivity index is 1.93.